The molecule has 1 saturated heterocycles. The van der Waals surface area contributed by atoms with Crippen molar-refractivity contribution in [2.24, 2.45) is 5.92 Å². The van der Waals surface area contributed by atoms with E-state index in [9.17, 15) is 4.79 Å². The van der Waals surface area contributed by atoms with Gasteiger partial charge in [0, 0.05) is 6.54 Å². The lowest BCUT2D eigenvalue weighted by molar-refractivity contribution is -0.119. The van der Waals surface area contributed by atoms with Gasteiger partial charge in [0.25, 0.3) is 0 Å². The smallest absolute Gasteiger partial charge is 0.230 e. The van der Waals surface area contributed by atoms with Crippen LogP contribution in [0.15, 0.2) is 0 Å². The molecule has 1 aromatic heterocycles. The van der Waals surface area contributed by atoms with Gasteiger partial charge in [-0.05, 0) is 19.9 Å². The van der Waals surface area contributed by atoms with Crippen molar-refractivity contribution in [3.63, 3.8) is 0 Å². The summed E-state index contributed by atoms with van der Waals surface area (Å²) in [5, 5.41) is 15.1. The summed E-state index contributed by atoms with van der Waals surface area (Å²) in [5.41, 5.74) is 0. The molecule has 0 spiro atoms. The van der Waals surface area contributed by atoms with Gasteiger partial charge in [-0.25, -0.2) is 0 Å². The van der Waals surface area contributed by atoms with Crippen molar-refractivity contribution in [3.05, 3.63) is 5.01 Å². The monoisotopic (exact) mass is 212 g/mol. The minimum Gasteiger partial charge on any atom is -0.316 e. The molecule has 76 valence electrons. The van der Waals surface area contributed by atoms with Crippen molar-refractivity contribution in [2.45, 2.75) is 13.3 Å². The van der Waals surface area contributed by atoms with Gasteiger partial charge in [-0.1, -0.05) is 11.3 Å². The van der Waals surface area contributed by atoms with Gasteiger partial charge in [-0.3, -0.25) is 4.79 Å². The number of nitrogens with zero attached hydrogens (tertiary/aromatic N) is 2. The van der Waals surface area contributed by atoms with Crippen LogP contribution in [0.3, 0.4) is 0 Å². The molecule has 0 radical (unpaired) electrons. The van der Waals surface area contributed by atoms with Crippen molar-refractivity contribution in [1.29, 1.82) is 0 Å². The third kappa shape index (κ3) is 2.08. The minimum atomic E-state index is 0.0474. The zero-order valence-corrected chi connectivity index (χ0v) is 8.73. The van der Waals surface area contributed by atoms with E-state index in [0.29, 0.717) is 5.13 Å². The molecule has 0 saturated carbocycles. The van der Waals surface area contributed by atoms with E-state index in [2.05, 4.69) is 20.8 Å². The number of carbonyl (C=O) groups excluding carboxylic acids is 1. The van der Waals surface area contributed by atoms with E-state index in [4.69, 9.17) is 0 Å². The molecule has 1 aliphatic heterocycles. The van der Waals surface area contributed by atoms with Gasteiger partial charge < -0.3 is 10.6 Å². The van der Waals surface area contributed by atoms with E-state index in [0.717, 1.165) is 24.5 Å². The number of hydrogen-bond acceptors (Lipinski definition) is 5. The fourth-order valence-electron chi connectivity index (χ4n) is 1.43. The molecular formula is C8H12N4OS. The van der Waals surface area contributed by atoms with Gasteiger partial charge in [0.15, 0.2) is 0 Å². The normalized spacial score (nSPS) is 21.1. The Morgan fingerprint density at radius 3 is 3.07 bits per heavy atom. The standard InChI is InChI=1S/C8H12N4OS/c1-5-11-12-8(14-5)10-7(13)6-2-3-9-4-6/h6,9H,2-4H2,1H3,(H,10,12,13)/t6-/m1/s1. The molecule has 1 aliphatic rings. The van der Waals surface area contributed by atoms with Crippen LogP contribution in [0.2, 0.25) is 0 Å². The Morgan fingerprint density at radius 1 is 1.64 bits per heavy atom. The fourth-order valence-corrected chi connectivity index (χ4v) is 2.03. The van der Waals surface area contributed by atoms with Crippen LogP contribution in [-0.4, -0.2) is 29.2 Å². The summed E-state index contributed by atoms with van der Waals surface area (Å²) in [6, 6.07) is 0. The average Bonchev–Trinajstić information content (AvgIpc) is 2.75. The quantitative estimate of drug-likeness (QED) is 0.744. The van der Waals surface area contributed by atoms with Crippen molar-refractivity contribution in [3.8, 4) is 0 Å². The molecule has 0 aliphatic carbocycles. The number of aromatic nitrogens is 2. The third-order valence-corrected chi connectivity index (χ3v) is 2.94. The van der Waals surface area contributed by atoms with Crippen molar-refractivity contribution in [1.82, 2.24) is 15.5 Å². The van der Waals surface area contributed by atoms with Gasteiger partial charge in [-0.15, -0.1) is 10.2 Å². The Hall–Kier alpha value is -1.01. The predicted molar refractivity (Wildman–Crippen MR) is 54.3 cm³/mol. The molecule has 0 aromatic carbocycles. The van der Waals surface area contributed by atoms with Crippen LogP contribution in [0.5, 0.6) is 0 Å². The Labute approximate surface area is 85.9 Å². The third-order valence-electron chi connectivity index (χ3n) is 2.19. The molecule has 14 heavy (non-hydrogen) atoms. The maximum absolute atomic E-state index is 11.6. The molecule has 2 rings (SSSR count). The van der Waals surface area contributed by atoms with Crippen LogP contribution in [0.4, 0.5) is 5.13 Å². The highest BCUT2D eigenvalue weighted by molar-refractivity contribution is 7.15. The second-order valence-corrected chi connectivity index (χ2v) is 4.49. The Kier molecular flexibility index (Phi) is 2.74. The number of anilines is 1. The van der Waals surface area contributed by atoms with Gasteiger partial charge in [0.05, 0.1) is 5.92 Å². The van der Waals surface area contributed by atoms with Crippen molar-refractivity contribution < 1.29 is 4.79 Å². The van der Waals surface area contributed by atoms with Crippen LogP contribution in [0.25, 0.3) is 0 Å². The van der Waals surface area contributed by atoms with E-state index in [1.54, 1.807) is 0 Å². The predicted octanol–water partition coefficient (Wildman–Crippen LogP) is 0.395. The molecule has 1 fully saturated rings. The molecule has 1 aromatic rings. The van der Waals surface area contributed by atoms with E-state index >= 15 is 0 Å². The zero-order chi connectivity index (χ0) is 9.97. The largest absolute Gasteiger partial charge is 0.316 e. The Balaban J connectivity index is 1.93. The molecule has 6 heteroatoms. The van der Waals surface area contributed by atoms with Gasteiger partial charge >= 0.3 is 0 Å². The summed E-state index contributed by atoms with van der Waals surface area (Å²) in [4.78, 5) is 11.6. The summed E-state index contributed by atoms with van der Waals surface area (Å²) in [7, 11) is 0. The fraction of sp³-hybridized carbons (Fsp3) is 0.625. The molecule has 0 bridgehead atoms. The molecule has 2 heterocycles. The van der Waals surface area contributed by atoms with Crippen LogP contribution in [-0.2, 0) is 4.79 Å². The second-order valence-electron chi connectivity index (χ2n) is 3.31. The topological polar surface area (TPSA) is 66.9 Å². The van der Waals surface area contributed by atoms with Crippen LogP contribution < -0.4 is 10.6 Å². The lowest BCUT2D eigenvalue weighted by Crippen LogP contribution is -2.24. The number of amides is 1. The highest BCUT2D eigenvalue weighted by atomic mass is 32.1. The zero-order valence-electron chi connectivity index (χ0n) is 7.91. The first-order chi connectivity index (χ1) is 6.75. The number of nitrogens with one attached hydrogen (secondary N) is 2. The first kappa shape index (κ1) is 9.54. The SMILES string of the molecule is Cc1nnc(NC(=O)[C@@H]2CCNC2)s1. The van der Waals surface area contributed by atoms with E-state index in [1.807, 2.05) is 6.92 Å². The maximum Gasteiger partial charge on any atom is 0.230 e. The first-order valence-electron chi connectivity index (χ1n) is 4.57. The number of aryl methyl sites for hydroxylation is 1. The van der Waals surface area contributed by atoms with E-state index in [-0.39, 0.29) is 11.8 Å². The highest BCUT2D eigenvalue weighted by Gasteiger charge is 2.22. The van der Waals surface area contributed by atoms with Crippen LogP contribution in [0, 0.1) is 12.8 Å². The van der Waals surface area contributed by atoms with E-state index < -0.39 is 0 Å². The van der Waals surface area contributed by atoms with Gasteiger partial charge in [0.2, 0.25) is 11.0 Å². The molecule has 5 nitrogen and oxygen atoms in total. The molecule has 1 amide bonds. The maximum atomic E-state index is 11.6. The van der Waals surface area contributed by atoms with Gasteiger partial charge in [0.1, 0.15) is 5.01 Å². The Morgan fingerprint density at radius 2 is 2.50 bits per heavy atom. The highest BCUT2D eigenvalue weighted by Crippen LogP contribution is 2.16. The van der Waals surface area contributed by atoms with Crippen molar-refractivity contribution >= 4 is 22.4 Å². The summed E-state index contributed by atoms with van der Waals surface area (Å²) in [6.45, 7) is 3.56. The summed E-state index contributed by atoms with van der Waals surface area (Å²) in [5.74, 6) is 0.130. The minimum absolute atomic E-state index is 0.0474. The summed E-state index contributed by atoms with van der Waals surface area (Å²) in [6.07, 6.45) is 0.906. The first-order valence-corrected chi connectivity index (χ1v) is 5.39. The van der Waals surface area contributed by atoms with Gasteiger partial charge in [-0.2, -0.15) is 0 Å². The average molecular weight is 212 g/mol. The lowest BCUT2D eigenvalue weighted by atomic mass is 10.1. The number of hydrogen-bond donors (Lipinski definition) is 2. The molecular weight excluding hydrogens is 200 g/mol. The van der Waals surface area contributed by atoms with Crippen LogP contribution in [0.1, 0.15) is 11.4 Å². The molecule has 0 unspecified atom stereocenters. The van der Waals surface area contributed by atoms with E-state index in [1.165, 1.54) is 11.3 Å². The molecule has 2 N–H and O–H groups in total. The van der Waals surface area contributed by atoms with Crippen LogP contribution >= 0.6 is 11.3 Å². The summed E-state index contributed by atoms with van der Waals surface area (Å²) >= 11 is 1.40. The number of carbonyl (C=O) groups is 1. The van der Waals surface area contributed by atoms with Crippen molar-refractivity contribution in [2.75, 3.05) is 18.4 Å². The Bertz CT molecular complexity index is 332. The second kappa shape index (κ2) is 4.02. The molecule has 1 atom stereocenters. The lowest BCUT2D eigenvalue weighted by Gasteiger charge is -2.05. The summed E-state index contributed by atoms with van der Waals surface area (Å²) < 4.78 is 0. The number of rotatable bonds is 2.